The molecule has 5 nitrogen and oxygen atoms in total. The SMILES string of the molecule is Cc1csc(SCc2c(C(=O)N(C)Cc3ccc(O)cc3)oc3ccccc23)n1. The maximum absolute atomic E-state index is 13.2. The monoisotopic (exact) mass is 424 g/mol. The van der Waals surface area contributed by atoms with Crippen molar-refractivity contribution in [2.75, 3.05) is 7.05 Å². The Balaban J connectivity index is 1.61. The molecule has 0 saturated carbocycles. The van der Waals surface area contributed by atoms with Crippen LogP contribution in [0.15, 0.2) is 62.7 Å². The molecule has 148 valence electrons. The second-order valence-corrected chi connectivity index (χ2v) is 8.86. The molecule has 2 aromatic carbocycles. The largest absolute Gasteiger partial charge is 0.508 e. The third-order valence-corrected chi connectivity index (χ3v) is 6.70. The Labute approximate surface area is 177 Å². The van der Waals surface area contributed by atoms with E-state index < -0.39 is 0 Å². The normalized spacial score (nSPS) is 11.1. The molecule has 0 radical (unpaired) electrons. The zero-order valence-electron chi connectivity index (χ0n) is 16.1. The summed E-state index contributed by atoms with van der Waals surface area (Å²) in [5.41, 5.74) is 3.53. The van der Waals surface area contributed by atoms with E-state index in [9.17, 15) is 9.90 Å². The summed E-state index contributed by atoms with van der Waals surface area (Å²) in [7, 11) is 1.75. The number of thiazole rings is 1. The van der Waals surface area contributed by atoms with Gasteiger partial charge in [0, 0.05) is 41.4 Å². The lowest BCUT2D eigenvalue weighted by atomic mass is 10.1. The molecule has 4 aromatic rings. The minimum Gasteiger partial charge on any atom is -0.508 e. The molecule has 0 aliphatic carbocycles. The maximum atomic E-state index is 13.2. The highest BCUT2D eigenvalue weighted by Gasteiger charge is 2.24. The number of carbonyl (C=O) groups excluding carboxylic acids is 1. The number of thioether (sulfide) groups is 1. The number of hydrogen-bond donors (Lipinski definition) is 1. The molecular weight excluding hydrogens is 404 g/mol. The minimum absolute atomic E-state index is 0.166. The van der Waals surface area contributed by atoms with E-state index in [0.717, 1.165) is 26.5 Å². The fourth-order valence-electron chi connectivity index (χ4n) is 3.07. The summed E-state index contributed by atoms with van der Waals surface area (Å²) in [5.74, 6) is 1.02. The van der Waals surface area contributed by atoms with Crippen LogP contribution < -0.4 is 0 Å². The Bertz CT molecular complexity index is 1150. The number of furan rings is 1. The molecule has 0 aliphatic rings. The van der Waals surface area contributed by atoms with Crippen molar-refractivity contribution >= 4 is 40.0 Å². The first-order valence-corrected chi connectivity index (χ1v) is 11.0. The fourth-order valence-corrected chi connectivity index (χ4v) is 4.94. The number of amides is 1. The number of benzene rings is 2. The highest BCUT2D eigenvalue weighted by molar-refractivity contribution is 8.00. The lowest BCUT2D eigenvalue weighted by Crippen LogP contribution is -2.26. The van der Waals surface area contributed by atoms with Crippen molar-refractivity contribution in [3.8, 4) is 5.75 Å². The quantitative estimate of drug-likeness (QED) is 0.416. The summed E-state index contributed by atoms with van der Waals surface area (Å²) in [6.07, 6.45) is 0. The summed E-state index contributed by atoms with van der Waals surface area (Å²) in [6.45, 7) is 2.40. The molecule has 4 rings (SSSR count). The Kier molecular flexibility index (Phi) is 5.60. The van der Waals surface area contributed by atoms with Crippen molar-refractivity contribution in [1.29, 1.82) is 0 Å². The molecule has 7 heteroatoms. The molecule has 0 atom stereocenters. The average Bonchev–Trinajstić information content (AvgIpc) is 3.30. The van der Waals surface area contributed by atoms with Gasteiger partial charge in [-0.3, -0.25) is 4.79 Å². The van der Waals surface area contributed by atoms with Crippen molar-refractivity contribution in [2.24, 2.45) is 0 Å². The van der Waals surface area contributed by atoms with Crippen LogP contribution in [-0.4, -0.2) is 27.9 Å². The van der Waals surface area contributed by atoms with Crippen LogP contribution in [0.3, 0.4) is 0 Å². The van der Waals surface area contributed by atoms with E-state index in [2.05, 4.69) is 4.98 Å². The third-order valence-electron chi connectivity index (χ3n) is 4.53. The number of phenolic OH excluding ortho intramolecular Hbond substituents is 1. The lowest BCUT2D eigenvalue weighted by molar-refractivity contribution is 0.0754. The third kappa shape index (κ3) is 4.31. The Morgan fingerprint density at radius 3 is 2.69 bits per heavy atom. The van der Waals surface area contributed by atoms with Crippen molar-refractivity contribution in [2.45, 2.75) is 23.6 Å². The van der Waals surface area contributed by atoms with Crippen molar-refractivity contribution in [1.82, 2.24) is 9.88 Å². The van der Waals surface area contributed by atoms with E-state index in [0.29, 0.717) is 23.6 Å². The second-order valence-electron chi connectivity index (χ2n) is 6.78. The van der Waals surface area contributed by atoms with Crippen molar-refractivity contribution in [3.63, 3.8) is 0 Å². The van der Waals surface area contributed by atoms with Gasteiger partial charge in [-0.2, -0.15) is 0 Å². The molecule has 0 bridgehead atoms. The highest BCUT2D eigenvalue weighted by Crippen LogP contribution is 2.33. The molecule has 2 aromatic heterocycles. The summed E-state index contributed by atoms with van der Waals surface area (Å²) >= 11 is 3.22. The number of nitrogens with zero attached hydrogens (tertiary/aromatic N) is 2. The summed E-state index contributed by atoms with van der Waals surface area (Å²) in [4.78, 5) is 19.3. The van der Waals surface area contributed by atoms with Gasteiger partial charge in [-0.1, -0.05) is 42.1 Å². The smallest absolute Gasteiger partial charge is 0.289 e. The Hall–Kier alpha value is -2.77. The molecular formula is C22H20N2O3S2. The second kappa shape index (κ2) is 8.31. The highest BCUT2D eigenvalue weighted by atomic mass is 32.2. The topological polar surface area (TPSA) is 66.6 Å². The number of hydrogen-bond acceptors (Lipinski definition) is 6. The molecule has 29 heavy (non-hydrogen) atoms. The van der Waals surface area contributed by atoms with E-state index in [-0.39, 0.29) is 11.7 Å². The summed E-state index contributed by atoms with van der Waals surface area (Å²) < 4.78 is 6.95. The van der Waals surface area contributed by atoms with E-state index in [1.54, 1.807) is 59.3 Å². The number of para-hydroxylation sites is 1. The van der Waals surface area contributed by atoms with E-state index in [1.165, 1.54) is 0 Å². The standard InChI is InChI=1S/C22H20N2O3S2/c1-14-12-28-22(23-14)29-13-18-17-5-3-4-6-19(17)27-20(18)21(26)24(2)11-15-7-9-16(25)10-8-15/h3-10,12,25H,11,13H2,1-2H3. The average molecular weight is 425 g/mol. The van der Waals surface area contributed by atoms with Crippen LogP contribution in [0, 0.1) is 6.92 Å². The van der Waals surface area contributed by atoms with Gasteiger partial charge in [0.05, 0.1) is 0 Å². The first-order valence-electron chi connectivity index (χ1n) is 9.10. The number of fused-ring (bicyclic) bond motifs is 1. The summed E-state index contributed by atoms with van der Waals surface area (Å²) in [5, 5.41) is 12.4. The first kappa shape index (κ1) is 19.5. The predicted octanol–water partition coefficient (Wildman–Crippen LogP) is 5.47. The van der Waals surface area contributed by atoms with Gasteiger partial charge >= 0.3 is 0 Å². The molecule has 1 amide bonds. The molecule has 1 N–H and O–H groups in total. The molecule has 0 saturated heterocycles. The number of carbonyl (C=O) groups is 1. The van der Waals surface area contributed by atoms with Gasteiger partial charge in [0.2, 0.25) is 0 Å². The van der Waals surface area contributed by atoms with Crippen LogP contribution in [-0.2, 0) is 12.3 Å². The lowest BCUT2D eigenvalue weighted by Gasteiger charge is -2.16. The molecule has 0 unspecified atom stereocenters. The molecule has 0 fully saturated rings. The Morgan fingerprint density at radius 1 is 1.21 bits per heavy atom. The van der Waals surface area contributed by atoms with Gasteiger partial charge in [-0.05, 0) is 30.7 Å². The number of aromatic hydroxyl groups is 1. The molecule has 0 aliphatic heterocycles. The van der Waals surface area contributed by atoms with Crippen LogP contribution in [0.25, 0.3) is 11.0 Å². The van der Waals surface area contributed by atoms with Crippen molar-refractivity contribution in [3.05, 3.63) is 76.5 Å². The number of aromatic nitrogens is 1. The minimum atomic E-state index is -0.166. The Morgan fingerprint density at radius 2 is 1.97 bits per heavy atom. The van der Waals surface area contributed by atoms with E-state index >= 15 is 0 Å². The zero-order valence-corrected chi connectivity index (χ0v) is 17.7. The van der Waals surface area contributed by atoms with Crippen LogP contribution in [0.5, 0.6) is 5.75 Å². The predicted molar refractivity (Wildman–Crippen MR) is 117 cm³/mol. The van der Waals surface area contributed by atoms with E-state index in [1.807, 2.05) is 36.6 Å². The van der Waals surface area contributed by atoms with Gasteiger partial charge in [-0.25, -0.2) is 4.98 Å². The van der Waals surface area contributed by atoms with Gasteiger partial charge in [0.15, 0.2) is 5.76 Å². The molecule has 0 spiro atoms. The first-order chi connectivity index (χ1) is 14.0. The van der Waals surface area contributed by atoms with Gasteiger partial charge < -0.3 is 14.4 Å². The molecule has 2 heterocycles. The van der Waals surface area contributed by atoms with Gasteiger partial charge in [0.1, 0.15) is 15.7 Å². The van der Waals surface area contributed by atoms with Crippen LogP contribution in [0.1, 0.15) is 27.4 Å². The maximum Gasteiger partial charge on any atom is 0.289 e. The summed E-state index contributed by atoms with van der Waals surface area (Å²) in [6, 6.07) is 14.6. The zero-order chi connectivity index (χ0) is 20.4. The van der Waals surface area contributed by atoms with Gasteiger partial charge in [0.25, 0.3) is 5.91 Å². The van der Waals surface area contributed by atoms with Gasteiger partial charge in [-0.15, -0.1) is 11.3 Å². The number of phenols is 1. The fraction of sp³-hybridized carbons (Fsp3) is 0.182. The number of rotatable bonds is 6. The van der Waals surface area contributed by atoms with E-state index in [4.69, 9.17) is 4.42 Å². The number of aryl methyl sites for hydroxylation is 1. The van der Waals surface area contributed by atoms with Crippen LogP contribution >= 0.6 is 23.1 Å². The van der Waals surface area contributed by atoms with Crippen molar-refractivity contribution < 1.29 is 14.3 Å². The van der Waals surface area contributed by atoms with Crippen LogP contribution in [0.4, 0.5) is 0 Å². The van der Waals surface area contributed by atoms with Crippen LogP contribution in [0.2, 0.25) is 0 Å².